The average Bonchev–Trinajstić information content (AvgIpc) is 3.14. The number of nitrogens with one attached hydrogen (secondary N) is 1. The van der Waals surface area contributed by atoms with Crippen LogP contribution in [-0.4, -0.2) is 38.1 Å². The number of rotatable bonds is 6. The van der Waals surface area contributed by atoms with E-state index in [1.54, 1.807) is 0 Å². The molecule has 2 bridgehead atoms. The SMILES string of the molecule is CS(=O)(=O)N(CC(=O)N[C@@H]1C[C@H]2CC[C@H]1C2)c1cccc([N+](=O)[O-])c1. The minimum absolute atomic E-state index is 0.109. The maximum Gasteiger partial charge on any atom is 0.271 e. The number of hydrogen-bond acceptors (Lipinski definition) is 5. The second-order valence-corrected chi connectivity index (χ2v) is 8.80. The fourth-order valence-corrected chi connectivity index (χ4v) is 4.81. The van der Waals surface area contributed by atoms with E-state index < -0.39 is 14.9 Å². The molecule has 0 aromatic heterocycles. The molecular formula is C16H21N3O5S. The number of nitro benzene ring substituents is 1. The molecule has 136 valence electrons. The lowest BCUT2D eigenvalue weighted by molar-refractivity contribution is -0.384. The Morgan fingerprint density at radius 2 is 2.12 bits per heavy atom. The van der Waals surface area contributed by atoms with E-state index in [9.17, 15) is 23.3 Å². The number of benzene rings is 1. The van der Waals surface area contributed by atoms with Crippen molar-refractivity contribution >= 4 is 27.3 Å². The smallest absolute Gasteiger partial charge is 0.271 e. The quantitative estimate of drug-likeness (QED) is 0.607. The summed E-state index contributed by atoms with van der Waals surface area (Å²) in [6, 6.07) is 5.39. The van der Waals surface area contributed by atoms with Crippen LogP contribution >= 0.6 is 0 Å². The second-order valence-electron chi connectivity index (χ2n) is 6.90. The van der Waals surface area contributed by atoms with Crippen LogP contribution in [0.15, 0.2) is 24.3 Å². The Bertz CT molecular complexity index is 795. The number of nitrogens with zero attached hydrogens (tertiary/aromatic N) is 2. The van der Waals surface area contributed by atoms with E-state index in [1.165, 1.54) is 24.6 Å². The fraction of sp³-hybridized carbons (Fsp3) is 0.562. The molecule has 0 radical (unpaired) electrons. The molecule has 2 saturated carbocycles. The van der Waals surface area contributed by atoms with E-state index in [2.05, 4.69) is 5.32 Å². The fourth-order valence-electron chi connectivity index (χ4n) is 3.97. The molecule has 2 fully saturated rings. The number of non-ortho nitro benzene ring substituents is 1. The molecule has 2 aliphatic carbocycles. The molecular weight excluding hydrogens is 346 g/mol. The average molecular weight is 367 g/mol. The number of anilines is 1. The lowest BCUT2D eigenvalue weighted by Crippen LogP contribution is -2.45. The van der Waals surface area contributed by atoms with E-state index in [4.69, 9.17) is 0 Å². The van der Waals surface area contributed by atoms with Crippen molar-refractivity contribution in [1.82, 2.24) is 5.32 Å². The molecule has 0 unspecified atom stereocenters. The molecule has 3 atom stereocenters. The van der Waals surface area contributed by atoms with E-state index in [1.807, 2.05) is 0 Å². The number of amides is 1. The zero-order valence-corrected chi connectivity index (χ0v) is 14.7. The van der Waals surface area contributed by atoms with Crippen molar-refractivity contribution in [2.75, 3.05) is 17.1 Å². The van der Waals surface area contributed by atoms with Crippen LogP contribution < -0.4 is 9.62 Å². The van der Waals surface area contributed by atoms with Gasteiger partial charge in [0.2, 0.25) is 15.9 Å². The Labute approximate surface area is 146 Å². The Kier molecular flexibility index (Phi) is 4.68. The highest BCUT2D eigenvalue weighted by atomic mass is 32.2. The number of nitro groups is 1. The molecule has 0 saturated heterocycles. The van der Waals surface area contributed by atoms with Crippen LogP contribution in [0.2, 0.25) is 0 Å². The lowest BCUT2D eigenvalue weighted by atomic mass is 9.95. The number of carbonyl (C=O) groups excluding carboxylic acids is 1. The van der Waals surface area contributed by atoms with Crippen LogP contribution in [0.1, 0.15) is 25.7 Å². The monoisotopic (exact) mass is 367 g/mol. The molecule has 0 spiro atoms. The highest BCUT2D eigenvalue weighted by molar-refractivity contribution is 7.92. The Morgan fingerprint density at radius 3 is 2.68 bits per heavy atom. The summed E-state index contributed by atoms with van der Waals surface area (Å²) >= 11 is 0. The minimum atomic E-state index is -3.75. The van der Waals surface area contributed by atoms with Gasteiger partial charge in [0.1, 0.15) is 6.54 Å². The van der Waals surface area contributed by atoms with Crippen molar-refractivity contribution in [1.29, 1.82) is 0 Å². The summed E-state index contributed by atoms with van der Waals surface area (Å²) < 4.78 is 25.1. The first-order chi connectivity index (χ1) is 11.7. The van der Waals surface area contributed by atoms with Crippen molar-refractivity contribution in [2.45, 2.75) is 31.7 Å². The van der Waals surface area contributed by atoms with Gasteiger partial charge in [0.25, 0.3) is 5.69 Å². The lowest BCUT2D eigenvalue weighted by Gasteiger charge is -2.26. The van der Waals surface area contributed by atoms with Crippen LogP contribution in [0.5, 0.6) is 0 Å². The van der Waals surface area contributed by atoms with Gasteiger partial charge in [-0.25, -0.2) is 8.42 Å². The highest BCUT2D eigenvalue weighted by Crippen LogP contribution is 2.44. The van der Waals surface area contributed by atoms with E-state index in [0.717, 1.165) is 35.9 Å². The highest BCUT2D eigenvalue weighted by Gasteiger charge is 2.40. The molecule has 8 nitrogen and oxygen atoms in total. The van der Waals surface area contributed by atoms with Crippen LogP contribution in [0.25, 0.3) is 0 Å². The summed E-state index contributed by atoms with van der Waals surface area (Å²) in [6.07, 6.45) is 5.38. The number of sulfonamides is 1. The summed E-state index contributed by atoms with van der Waals surface area (Å²) in [5.41, 5.74) is -0.112. The molecule has 1 N–H and O–H groups in total. The van der Waals surface area contributed by atoms with Gasteiger partial charge in [-0.2, -0.15) is 0 Å². The predicted octanol–water partition coefficient (Wildman–Crippen LogP) is 1.67. The molecule has 1 aromatic carbocycles. The molecule has 9 heteroatoms. The van der Waals surface area contributed by atoms with Gasteiger partial charge in [-0.1, -0.05) is 12.5 Å². The molecule has 0 heterocycles. The normalized spacial score (nSPS) is 24.9. The van der Waals surface area contributed by atoms with Crippen molar-refractivity contribution in [2.24, 2.45) is 11.8 Å². The molecule has 2 aliphatic rings. The summed E-state index contributed by atoms with van der Waals surface area (Å²) in [5, 5.41) is 13.9. The van der Waals surface area contributed by atoms with Crippen molar-refractivity contribution in [3.05, 3.63) is 34.4 Å². The zero-order chi connectivity index (χ0) is 18.2. The first-order valence-electron chi connectivity index (χ1n) is 8.25. The zero-order valence-electron chi connectivity index (χ0n) is 13.9. The number of fused-ring (bicyclic) bond motifs is 2. The van der Waals surface area contributed by atoms with Gasteiger partial charge in [-0.3, -0.25) is 19.2 Å². The van der Waals surface area contributed by atoms with E-state index in [0.29, 0.717) is 11.8 Å². The van der Waals surface area contributed by atoms with E-state index in [-0.39, 0.29) is 29.9 Å². The summed E-state index contributed by atoms with van der Waals surface area (Å²) in [4.78, 5) is 22.7. The molecule has 0 aliphatic heterocycles. The van der Waals surface area contributed by atoms with Gasteiger partial charge in [-0.15, -0.1) is 0 Å². The third-order valence-electron chi connectivity index (χ3n) is 5.10. The third kappa shape index (κ3) is 3.92. The first-order valence-corrected chi connectivity index (χ1v) is 10.1. The minimum Gasteiger partial charge on any atom is -0.352 e. The van der Waals surface area contributed by atoms with Gasteiger partial charge >= 0.3 is 0 Å². The van der Waals surface area contributed by atoms with Gasteiger partial charge < -0.3 is 5.32 Å². The predicted molar refractivity (Wildman–Crippen MR) is 92.7 cm³/mol. The van der Waals surface area contributed by atoms with Crippen molar-refractivity contribution in [3.8, 4) is 0 Å². The van der Waals surface area contributed by atoms with Crippen LogP contribution in [0.4, 0.5) is 11.4 Å². The van der Waals surface area contributed by atoms with Gasteiger partial charge in [0.05, 0.1) is 16.9 Å². The molecule has 3 rings (SSSR count). The third-order valence-corrected chi connectivity index (χ3v) is 6.24. The van der Waals surface area contributed by atoms with Gasteiger partial charge in [-0.05, 0) is 37.2 Å². The van der Waals surface area contributed by atoms with Crippen molar-refractivity contribution < 1.29 is 18.1 Å². The summed E-state index contributed by atoms with van der Waals surface area (Å²) in [7, 11) is -3.75. The summed E-state index contributed by atoms with van der Waals surface area (Å²) in [6.45, 7) is -0.381. The van der Waals surface area contributed by atoms with Crippen molar-refractivity contribution in [3.63, 3.8) is 0 Å². The van der Waals surface area contributed by atoms with Crippen LogP contribution in [-0.2, 0) is 14.8 Å². The largest absolute Gasteiger partial charge is 0.352 e. The molecule has 25 heavy (non-hydrogen) atoms. The Morgan fingerprint density at radius 1 is 1.36 bits per heavy atom. The standard InChI is InChI=1S/C16H21N3O5S/c1-25(23,24)18(13-3-2-4-14(9-13)19(21)22)10-16(20)17-15-8-11-5-6-12(15)7-11/h2-4,9,11-12,15H,5-8,10H2,1H3,(H,17,20)/t11-,12-,15+/m0/s1. The molecule has 1 amide bonds. The Balaban J connectivity index is 1.74. The second kappa shape index (κ2) is 6.62. The van der Waals surface area contributed by atoms with Gasteiger partial charge in [0, 0.05) is 18.2 Å². The maximum absolute atomic E-state index is 12.4. The first kappa shape index (κ1) is 17.7. The van der Waals surface area contributed by atoms with E-state index >= 15 is 0 Å². The van der Waals surface area contributed by atoms with Gasteiger partial charge in [0.15, 0.2) is 0 Å². The molecule has 1 aromatic rings. The summed E-state index contributed by atoms with van der Waals surface area (Å²) in [5.74, 6) is 0.769. The topological polar surface area (TPSA) is 110 Å². The number of hydrogen-bond donors (Lipinski definition) is 1. The number of carbonyl (C=O) groups is 1. The van der Waals surface area contributed by atoms with Crippen LogP contribution in [0, 0.1) is 22.0 Å². The van der Waals surface area contributed by atoms with Crippen LogP contribution in [0.3, 0.4) is 0 Å². The maximum atomic E-state index is 12.4. The Hall–Kier alpha value is -2.16.